The molecule has 1 fully saturated rings. The van der Waals surface area contributed by atoms with Crippen molar-refractivity contribution >= 4 is 49.7 Å². The molecule has 0 bridgehead atoms. The highest BCUT2D eigenvalue weighted by Gasteiger charge is 2.29. The van der Waals surface area contributed by atoms with Crippen LogP contribution in [-0.2, 0) is 10.0 Å². The van der Waals surface area contributed by atoms with Crippen LogP contribution in [0.2, 0.25) is 0 Å². The van der Waals surface area contributed by atoms with E-state index in [-0.39, 0.29) is 16.3 Å². The predicted octanol–water partition coefficient (Wildman–Crippen LogP) is 3.73. The van der Waals surface area contributed by atoms with Gasteiger partial charge < -0.3 is 5.32 Å². The summed E-state index contributed by atoms with van der Waals surface area (Å²) in [6, 6.07) is 11.4. The molecule has 1 aliphatic rings. The van der Waals surface area contributed by atoms with Crippen molar-refractivity contribution < 1.29 is 13.3 Å². The summed E-state index contributed by atoms with van der Waals surface area (Å²) >= 11 is 2.15. The number of nitrogens with zero attached hydrogens (tertiary/aromatic N) is 2. The Morgan fingerprint density at radius 2 is 1.84 bits per heavy atom. The quantitative estimate of drug-likeness (QED) is 0.406. The van der Waals surface area contributed by atoms with Crippen LogP contribution in [0.15, 0.2) is 47.4 Å². The van der Waals surface area contributed by atoms with Crippen molar-refractivity contribution in [2.24, 2.45) is 0 Å². The average molecular weight is 473 g/mol. The fourth-order valence-electron chi connectivity index (χ4n) is 2.73. The standard InChI is InChI=1S/C16H16IN3O4S/c17-12-4-3-5-13(10-12)18-15-7-6-14(11-16(15)20(21)22)25(23,24)19-8-1-2-9-19/h3-7,10-11,18H,1-2,8-9H2. The molecule has 0 aromatic heterocycles. The molecule has 0 spiro atoms. The highest BCUT2D eigenvalue weighted by Crippen LogP contribution is 2.32. The summed E-state index contributed by atoms with van der Waals surface area (Å²) in [4.78, 5) is 10.8. The van der Waals surface area contributed by atoms with Crippen molar-refractivity contribution in [1.82, 2.24) is 4.31 Å². The summed E-state index contributed by atoms with van der Waals surface area (Å²) in [7, 11) is -3.69. The van der Waals surface area contributed by atoms with Crippen LogP contribution >= 0.6 is 22.6 Å². The number of nitro groups is 1. The summed E-state index contributed by atoms with van der Waals surface area (Å²) in [5, 5.41) is 14.4. The van der Waals surface area contributed by atoms with Gasteiger partial charge in [0.1, 0.15) is 5.69 Å². The van der Waals surface area contributed by atoms with E-state index >= 15 is 0 Å². The number of nitro benzene ring substituents is 1. The summed E-state index contributed by atoms with van der Waals surface area (Å²) < 4.78 is 27.6. The zero-order valence-corrected chi connectivity index (χ0v) is 16.2. The van der Waals surface area contributed by atoms with Crippen LogP contribution in [0.3, 0.4) is 0 Å². The molecule has 1 heterocycles. The molecular weight excluding hydrogens is 457 g/mol. The monoisotopic (exact) mass is 473 g/mol. The maximum absolute atomic E-state index is 12.6. The average Bonchev–Trinajstić information content (AvgIpc) is 3.10. The number of benzene rings is 2. The van der Waals surface area contributed by atoms with E-state index in [9.17, 15) is 18.5 Å². The Hall–Kier alpha value is -1.72. The lowest BCUT2D eigenvalue weighted by atomic mass is 10.2. The Labute approximate surface area is 159 Å². The van der Waals surface area contributed by atoms with Crippen LogP contribution in [0.25, 0.3) is 0 Å². The van der Waals surface area contributed by atoms with E-state index in [1.807, 2.05) is 18.2 Å². The third kappa shape index (κ3) is 3.93. The van der Waals surface area contributed by atoms with Gasteiger partial charge in [0.05, 0.1) is 9.82 Å². The number of anilines is 2. The normalized spacial score (nSPS) is 15.2. The van der Waals surface area contributed by atoms with Gasteiger partial charge in [-0.05, 0) is 65.8 Å². The summed E-state index contributed by atoms with van der Waals surface area (Å²) in [6.45, 7) is 0.914. The summed E-state index contributed by atoms with van der Waals surface area (Å²) in [5.41, 5.74) is 0.691. The van der Waals surface area contributed by atoms with E-state index in [0.717, 1.165) is 22.5 Å². The second kappa shape index (κ2) is 7.26. The van der Waals surface area contributed by atoms with E-state index in [2.05, 4.69) is 27.9 Å². The van der Waals surface area contributed by atoms with Crippen molar-refractivity contribution in [3.63, 3.8) is 0 Å². The molecule has 132 valence electrons. The SMILES string of the molecule is O=[N+]([O-])c1cc(S(=O)(=O)N2CCCC2)ccc1Nc1cccc(I)c1. The van der Waals surface area contributed by atoms with Gasteiger partial charge in [-0.2, -0.15) is 4.31 Å². The van der Waals surface area contributed by atoms with E-state index in [0.29, 0.717) is 18.8 Å². The Bertz CT molecular complexity index is 911. The van der Waals surface area contributed by atoms with Crippen LogP contribution in [0.4, 0.5) is 17.1 Å². The molecule has 3 rings (SSSR count). The first kappa shape index (κ1) is 18.1. The largest absolute Gasteiger partial charge is 0.350 e. The Morgan fingerprint density at radius 1 is 1.12 bits per heavy atom. The molecule has 0 aliphatic carbocycles. The topological polar surface area (TPSA) is 92.5 Å². The first-order valence-corrected chi connectivity index (χ1v) is 10.2. The second-order valence-corrected chi connectivity index (χ2v) is 8.87. The molecule has 2 aromatic carbocycles. The van der Waals surface area contributed by atoms with Crippen LogP contribution in [0.5, 0.6) is 0 Å². The van der Waals surface area contributed by atoms with Gasteiger partial charge in [-0.3, -0.25) is 10.1 Å². The lowest BCUT2D eigenvalue weighted by Gasteiger charge is -2.16. The number of sulfonamides is 1. The maximum Gasteiger partial charge on any atom is 0.294 e. The Morgan fingerprint density at radius 3 is 2.48 bits per heavy atom. The predicted molar refractivity (Wildman–Crippen MR) is 104 cm³/mol. The van der Waals surface area contributed by atoms with Crippen molar-refractivity contribution in [1.29, 1.82) is 0 Å². The zero-order valence-electron chi connectivity index (χ0n) is 13.2. The minimum atomic E-state index is -3.69. The second-order valence-electron chi connectivity index (χ2n) is 5.68. The molecule has 1 aliphatic heterocycles. The van der Waals surface area contributed by atoms with Gasteiger partial charge in [-0.1, -0.05) is 6.07 Å². The van der Waals surface area contributed by atoms with Crippen LogP contribution in [0, 0.1) is 13.7 Å². The highest BCUT2D eigenvalue weighted by atomic mass is 127. The number of hydrogen-bond acceptors (Lipinski definition) is 5. The van der Waals surface area contributed by atoms with Gasteiger partial charge in [-0.25, -0.2) is 8.42 Å². The van der Waals surface area contributed by atoms with E-state index in [1.54, 1.807) is 6.07 Å². The number of hydrogen-bond donors (Lipinski definition) is 1. The van der Waals surface area contributed by atoms with Gasteiger partial charge in [0.25, 0.3) is 5.69 Å². The fraction of sp³-hybridized carbons (Fsp3) is 0.250. The van der Waals surface area contributed by atoms with Gasteiger partial charge in [0, 0.05) is 28.4 Å². The molecule has 0 atom stereocenters. The van der Waals surface area contributed by atoms with Crippen LogP contribution < -0.4 is 5.32 Å². The van der Waals surface area contributed by atoms with Crippen LogP contribution in [-0.4, -0.2) is 30.7 Å². The molecule has 25 heavy (non-hydrogen) atoms. The third-order valence-corrected chi connectivity index (χ3v) is 6.54. The van der Waals surface area contributed by atoms with Gasteiger partial charge in [0.15, 0.2) is 0 Å². The first-order valence-electron chi connectivity index (χ1n) is 7.69. The molecule has 1 saturated heterocycles. The Balaban J connectivity index is 1.97. The lowest BCUT2D eigenvalue weighted by Crippen LogP contribution is -2.27. The van der Waals surface area contributed by atoms with Gasteiger partial charge >= 0.3 is 0 Å². The molecule has 1 N–H and O–H groups in total. The zero-order chi connectivity index (χ0) is 18.0. The molecular formula is C16H16IN3O4S. The number of halogens is 1. The molecule has 0 unspecified atom stereocenters. The fourth-order valence-corrected chi connectivity index (χ4v) is 4.81. The summed E-state index contributed by atoms with van der Waals surface area (Å²) in [6.07, 6.45) is 1.63. The highest BCUT2D eigenvalue weighted by molar-refractivity contribution is 14.1. The molecule has 0 amide bonds. The van der Waals surface area contributed by atoms with Gasteiger partial charge in [0.2, 0.25) is 10.0 Å². The van der Waals surface area contributed by atoms with E-state index in [1.165, 1.54) is 16.4 Å². The number of nitrogens with one attached hydrogen (secondary N) is 1. The van der Waals surface area contributed by atoms with Crippen LogP contribution in [0.1, 0.15) is 12.8 Å². The van der Waals surface area contributed by atoms with Crippen molar-refractivity contribution in [2.75, 3.05) is 18.4 Å². The molecule has 7 nitrogen and oxygen atoms in total. The molecule has 0 saturated carbocycles. The third-order valence-electron chi connectivity index (χ3n) is 3.97. The molecule has 2 aromatic rings. The smallest absolute Gasteiger partial charge is 0.294 e. The van der Waals surface area contributed by atoms with E-state index < -0.39 is 14.9 Å². The van der Waals surface area contributed by atoms with Gasteiger partial charge in [-0.15, -0.1) is 0 Å². The lowest BCUT2D eigenvalue weighted by molar-refractivity contribution is -0.384. The Kier molecular flexibility index (Phi) is 5.25. The first-order chi connectivity index (χ1) is 11.9. The maximum atomic E-state index is 12.6. The van der Waals surface area contributed by atoms with Crippen molar-refractivity contribution in [2.45, 2.75) is 17.7 Å². The number of rotatable bonds is 5. The van der Waals surface area contributed by atoms with Crippen molar-refractivity contribution in [3.05, 3.63) is 56.1 Å². The van der Waals surface area contributed by atoms with Crippen molar-refractivity contribution in [3.8, 4) is 0 Å². The minimum Gasteiger partial charge on any atom is -0.350 e. The molecule has 9 heteroatoms. The molecule has 0 radical (unpaired) electrons. The summed E-state index contributed by atoms with van der Waals surface area (Å²) in [5.74, 6) is 0. The minimum absolute atomic E-state index is 0.0470. The van der Waals surface area contributed by atoms with E-state index in [4.69, 9.17) is 0 Å².